The van der Waals surface area contributed by atoms with E-state index in [1.54, 1.807) is 29.7 Å². The Morgan fingerprint density at radius 1 is 1.19 bits per heavy atom. The van der Waals surface area contributed by atoms with E-state index in [4.69, 9.17) is 4.74 Å². The predicted molar refractivity (Wildman–Crippen MR) is 131 cm³/mol. The van der Waals surface area contributed by atoms with Crippen LogP contribution in [0.2, 0.25) is 0 Å². The van der Waals surface area contributed by atoms with E-state index in [9.17, 15) is 24.8 Å². The quantitative estimate of drug-likeness (QED) is 0.164. The Kier molecular flexibility index (Phi) is 6.48. The van der Waals surface area contributed by atoms with E-state index >= 15 is 0 Å². The number of aryl methyl sites for hydroxylation is 2. The first-order valence-corrected chi connectivity index (χ1v) is 12.1. The van der Waals surface area contributed by atoms with Gasteiger partial charge in [0.1, 0.15) is 18.7 Å². The number of ether oxygens (including phenoxy) is 1. The number of nitrogens with one attached hydrogen (secondary N) is 1. The van der Waals surface area contributed by atoms with E-state index in [1.807, 2.05) is 13.0 Å². The molecule has 192 valence electrons. The zero-order valence-electron chi connectivity index (χ0n) is 20.6. The van der Waals surface area contributed by atoms with Crippen molar-refractivity contribution in [2.45, 2.75) is 19.9 Å². The molecular formula is C26H27N5O6. The van der Waals surface area contributed by atoms with Crippen molar-refractivity contribution in [2.75, 3.05) is 39.4 Å². The number of rotatable bonds is 6. The van der Waals surface area contributed by atoms with Gasteiger partial charge in [0.25, 0.3) is 11.6 Å². The lowest BCUT2D eigenvalue weighted by atomic mass is 9.96. The molecule has 11 nitrogen and oxygen atoms in total. The third-order valence-electron chi connectivity index (χ3n) is 7.07. The van der Waals surface area contributed by atoms with Crippen molar-refractivity contribution in [1.29, 1.82) is 0 Å². The van der Waals surface area contributed by atoms with E-state index in [1.165, 1.54) is 28.0 Å². The second-order valence-corrected chi connectivity index (χ2v) is 9.37. The third kappa shape index (κ3) is 4.36. The van der Waals surface area contributed by atoms with Crippen molar-refractivity contribution in [3.8, 4) is 0 Å². The van der Waals surface area contributed by atoms with Crippen LogP contribution in [0.3, 0.4) is 0 Å². The second-order valence-electron chi connectivity index (χ2n) is 9.37. The third-order valence-corrected chi connectivity index (χ3v) is 7.07. The summed E-state index contributed by atoms with van der Waals surface area (Å²) in [6.07, 6.45) is 1.69. The normalized spacial score (nSPS) is 20.2. The fraction of sp³-hybridized carbons (Fsp3) is 0.346. The second kappa shape index (κ2) is 9.75. The number of hydrogen-bond acceptors (Lipinski definition) is 7. The molecule has 1 amide bonds. The van der Waals surface area contributed by atoms with Crippen molar-refractivity contribution >= 4 is 28.8 Å². The maximum absolute atomic E-state index is 14.0. The van der Waals surface area contributed by atoms with Gasteiger partial charge in [0.05, 0.1) is 48.7 Å². The summed E-state index contributed by atoms with van der Waals surface area (Å²) < 4.78 is 7.03. The molecule has 1 N–H and O–H groups in total. The summed E-state index contributed by atoms with van der Waals surface area (Å²) in [7, 11) is 0. The first-order chi connectivity index (χ1) is 17.8. The molecule has 0 aliphatic carbocycles. The molecular weight excluding hydrogens is 478 g/mol. The molecule has 0 bridgehead atoms. The Morgan fingerprint density at radius 3 is 2.68 bits per heavy atom. The largest absolute Gasteiger partial charge is 0.871 e. The molecule has 2 aromatic heterocycles. The highest BCUT2D eigenvalue weighted by molar-refractivity contribution is 6.46. The summed E-state index contributed by atoms with van der Waals surface area (Å²) in [5.41, 5.74) is 2.02. The topological polar surface area (TPSA) is 135 Å². The average molecular weight is 506 g/mol. The Hall–Kier alpha value is -4.09. The molecule has 1 unspecified atom stereocenters. The number of non-ortho nitro benzene ring substituents is 1. The SMILES string of the molecule is Cc1nc2c(C)cccn2c1C([O-])=C1C(=O)C(=O)N(CC[NH+]2CCOCC2)C1c1cccc([N+](=O)[O-])c1. The lowest BCUT2D eigenvalue weighted by Crippen LogP contribution is -3.14. The number of nitrogens with zero attached hydrogens (tertiary/aromatic N) is 4. The Bertz CT molecular complexity index is 1440. The molecule has 5 rings (SSSR count). The molecule has 1 atom stereocenters. The van der Waals surface area contributed by atoms with Gasteiger partial charge in [0.15, 0.2) is 0 Å². The number of Topliss-reactive ketones (excluding diaryl/α,β-unsaturated/α-hetero) is 1. The fourth-order valence-corrected chi connectivity index (χ4v) is 5.16. The molecule has 2 saturated heterocycles. The van der Waals surface area contributed by atoms with Crippen LogP contribution in [0.25, 0.3) is 11.4 Å². The number of amides is 1. The Morgan fingerprint density at radius 2 is 1.95 bits per heavy atom. The van der Waals surface area contributed by atoms with Crippen LogP contribution in [0, 0.1) is 24.0 Å². The number of hydrogen-bond donors (Lipinski definition) is 1. The molecule has 1 aromatic carbocycles. The lowest BCUT2D eigenvalue weighted by molar-refractivity contribution is -0.907. The van der Waals surface area contributed by atoms with Crippen LogP contribution in [-0.4, -0.2) is 70.3 Å². The van der Waals surface area contributed by atoms with Crippen LogP contribution in [0.1, 0.15) is 28.6 Å². The molecule has 2 fully saturated rings. The molecule has 37 heavy (non-hydrogen) atoms. The number of morpholine rings is 1. The molecule has 4 heterocycles. The van der Waals surface area contributed by atoms with Gasteiger partial charge in [0, 0.05) is 23.9 Å². The maximum Gasteiger partial charge on any atom is 0.295 e. The Labute approximate surface area is 212 Å². The zero-order chi connectivity index (χ0) is 26.3. The van der Waals surface area contributed by atoms with E-state index < -0.39 is 28.4 Å². The predicted octanol–water partition coefficient (Wildman–Crippen LogP) is -0.00156. The first kappa shape index (κ1) is 24.6. The van der Waals surface area contributed by atoms with Gasteiger partial charge in [-0.05, 0) is 31.0 Å². The van der Waals surface area contributed by atoms with Crippen LogP contribution in [0.5, 0.6) is 0 Å². The standard InChI is InChI=1S/C26H27N5O6/c1-16-5-4-8-29-21(17(2)27-25(16)29)23(32)20-22(18-6-3-7-19(15-18)31(35)36)30(26(34)24(20)33)10-9-28-11-13-37-14-12-28/h3-8,15,22,32H,9-14H2,1-2H3. The number of ketones is 1. The van der Waals surface area contributed by atoms with Crippen molar-refractivity contribution in [2.24, 2.45) is 0 Å². The number of aromatic nitrogens is 2. The number of fused-ring (bicyclic) bond motifs is 1. The Balaban J connectivity index is 1.65. The van der Waals surface area contributed by atoms with Crippen LogP contribution in [0.15, 0.2) is 48.2 Å². The van der Waals surface area contributed by atoms with Gasteiger partial charge in [-0.25, -0.2) is 4.98 Å². The molecule has 11 heteroatoms. The van der Waals surface area contributed by atoms with Crippen molar-refractivity contribution < 1.29 is 29.3 Å². The van der Waals surface area contributed by atoms with E-state index in [0.717, 1.165) is 18.7 Å². The van der Waals surface area contributed by atoms with Gasteiger partial charge in [0.2, 0.25) is 5.78 Å². The highest BCUT2D eigenvalue weighted by Crippen LogP contribution is 2.39. The highest BCUT2D eigenvalue weighted by atomic mass is 16.6. The number of carbonyl (C=O) groups excluding carboxylic acids is 2. The molecule has 2 aliphatic rings. The van der Waals surface area contributed by atoms with Crippen LogP contribution in [0.4, 0.5) is 5.69 Å². The smallest absolute Gasteiger partial charge is 0.295 e. The van der Waals surface area contributed by atoms with E-state index in [-0.39, 0.29) is 23.5 Å². The van der Waals surface area contributed by atoms with Crippen molar-refractivity contribution in [1.82, 2.24) is 14.3 Å². The maximum atomic E-state index is 14.0. The molecule has 0 saturated carbocycles. The lowest BCUT2D eigenvalue weighted by Gasteiger charge is -2.30. The zero-order valence-corrected chi connectivity index (χ0v) is 20.6. The summed E-state index contributed by atoms with van der Waals surface area (Å²) in [5.74, 6) is -2.28. The minimum Gasteiger partial charge on any atom is -0.871 e. The number of nitro groups is 1. The summed E-state index contributed by atoms with van der Waals surface area (Å²) >= 11 is 0. The minimum atomic E-state index is -1.04. The number of carbonyl (C=O) groups is 2. The van der Waals surface area contributed by atoms with Crippen molar-refractivity contribution in [3.63, 3.8) is 0 Å². The molecule has 0 radical (unpaired) electrons. The molecule has 3 aromatic rings. The number of imidazole rings is 1. The number of likely N-dealkylation sites (tertiary alicyclic amines) is 1. The van der Waals surface area contributed by atoms with Crippen LogP contribution in [-0.2, 0) is 14.3 Å². The monoisotopic (exact) mass is 505 g/mol. The van der Waals surface area contributed by atoms with Gasteiger partial charge in [-0.15, -0.1) is 0 Å². The van der Waals surface area contributed by atoms with E-state index in [2.05, 4.69) is 4.98 Å². The van der Waals surface area contributed by atoms with Crippen LogP contribution >= 0.6 is 0 Å². The number of pyridine rings is 1. The summed E-state index contributed by atoms with van der Waals surface area (Å²) in [6.45, 7) is 7.09. The summed E-state index contributed by atoms with van der Waals surface area (Å²) in [6, 6.07) is 8.38. The van der Waals surface area contributed by atoms with Gasteiger partial charge in [-0.2, -0.15) is 0 Å². The first-order valence-electron chi connectivity index (χ1n) is 12.1. The summed E-state index contributed by atoms with van der Waals surface area (Å²) in [4.78, 5) is 44.7. The number of nitro benzene ring substituents is 1. The average Bonchev–Trinajstić information content (AvgIpc) is 3.37. The molecule has 0 spiro atoms. The van der Waals surface area contributed by atoms with Crippen molar-refractivity contribution in [3.05, 3.63) is 80.8 Å². The fourth-order valence-electron chi connectivity index (χ4n) is 5.16. The number of quaternary nitrogens is 1. The number of benzene rings is 1. The van der Waals surface area contributed by atoms with Gasteiger partial charge >= 0.3 is 0 Å². The van der Waals surface area contributed by atoms with Gasteiger partial charge in [-0.3, -0.25) is 19.7 Å². The summed E-state index contributed by atoms with van der Waals surface area (Å²) in [5, 5.41) is 25.5. The highest BCUT2D eigenvalue weighted by Gasteiger charge is 2.45. The van der Waals surface area contributed by atoms with Gasteiger partial charge < -0.3 is 24.0 Å². The van der Waals surface area contributed by atoms with Crippen LogP contribution < -0.4 is 10.0 Å². The molecule has 2 aliphatic heterocycles. The minimum absolute atomic E-state index is 0.184. The van der Waals surface area contributed by atoms with Gasteiger partial charge in [-0.1, -0.05) is 24.0 Å². The van der Waals surface area contributed by atoms with E-state index in [0.29, 0.717) is 36.7 Å².